The number of aliphatic hydroxyl groups excluding tert-OH is 1. The molecule has 0 heterocycles. The lowest BCUT2D eigenvalue weighted by Crippen LogP contribution is -2.12. The van der Waals surface area contributed by atoms with Crippen LogP contribution in [0.1, 0.15) is 5.56 Å². The largest absolute Gasteiger partial charge is 0.399 e. The average molecular weight is 210 g/mol. The van der Waals surface area contributed by atoms with Gasteiger partial charge < -0.3 is 20.9 Å². The summed E-state index contributed by atoms with van der Waals surface area (Å²) in [6.07, 6.45) is 0. The Bertz CT molecular complexity index is 303. The van der Waals surface area contributed by atoms with E-state index in [1.54, 1.807) is 0 Å². The van der Waals surface area contributed by atoms with Crippen LogP contribution in [0.5, 0.6) is 0 Å². The van der Waals surface area contributed by atoms with Crippen molar-refractivity contribution in [3.63, 3.8) is 0 Å². The van der Waals surface area contributed by atoms with Crippen molar-refractivity contribution in [3.05, 3.63) is 23.8 Å². The Morgan fingerprint density at radius 2 is 2.20 bits per heavy atom. The van der Waals surface area contributed by atoms with Gasteiger partial charge in [-0.15, -0.1) is 0 Å². The Hall–Kier alpha value is -1.26. The lowest BCUT2D eigenvalue weighted by Gasteiger charge is -2.10. The first-order chi connectivity index (χ1) is 7.24. The standard InChI is InChI=1S/C11H18N2O2/c1-9-2-3-10(12)8-11(9)13-4-6-15-7-5-14/h2-3,8,13-14H,4-7,12H2,1H3. The van der Waals surface area contributed by atoms with Gasteiger partial charge in [0.1, 0.15) is 0 Å². The molecule has 0 unspecified atom stereocenters. The van der Waals surface area contributed by atoms with Crippen molar-refractivity contribution < 1.29 is 9.84 Å². The zero-order chi connectivity index (χ0) is 11.1. The van der Waals surface area contributed by atoms with Gasteiger partial charge >= 0.3 is 0 Å². The van der Waals surface area contributed by atoms with Crippen molar-refractivity contribution in [1.82, 2.24) is 0 Å². The number of hydrogen-bond acceptors (Lipinski definition) is 4. The van der Waals surface area contributed by atoms with Crippen LogP contribution < -0.4 is 11.1 Å². The molecule has 0 atom stereocenters. The third-order valence-electron chi connectivity index (χ3n) is 2.06. The van der Waals surface area contributed by atoms with Gasteiger partial charge in [0.05, 0.1) is 19.8 Å². The molecule has 1 aromatic rings. The van der Waals surface area contributed by atoms with E-state index in [2.05, 4.69) is 5.32 Å². The van der Waals surface area contributed by atoms with Gasteiger partial charge in [0, 0.05) is 17.9 Å². The minimum Gasteiger partial charge on any atom is -0.399 e. The average Bonchev–Trinajstić information content (AvgIpc) is 2.23. The molecule has 1 aromatic carbocycles. The van der Waals surface area contributed by atoms with Crippen LogP contribution in [0.2, 0.25) is 0 Å². The van der Waals surface area contributed by atoms with Crippen LogP contribution >= 0.6 is 0 Å². The van der Waals surface area contributed by atoms with E-state index in [-0.39, 0.29) is 6.61 Å². The van der Waals surface area contributed by atoms with Crippen molar-refractivity contribution in [3.8, 4) is 0 Å². The first-order valence-corrected chi connectivity index (χ1v) is 5.02. The maximum Gasteiger partial charge on any atom is 0.0698 e. The molecular weight excluding hydrogens is 192 g/mol. The van der Waals surface area contributed by atoms with Crippen molar-refractivity contribution in [1.29, 1.82) is 0 Å². The molecule has 15 heavy (non-hydrogen) atoms. The van der Waals surface area contributed by atoms with Crippen LogP contribution in [0, 0.1) is 6.92 Å². The topological polar surface area (TPSA) is 67.5 Å². The summed E-state index contributed by atoms with van der Waals surface area (Å²) in [6.45, 7) is 3.77. The van der Waals surface area contributed by atoms with Crippen LogP contribution in [0.25, 0.3) is 0 Å². The monoisotopic (exact) mass is 210 g/mol. The molecule has 4 N–H and O–H groups in total. The highest BCUT2D eigenvalue weighted by molar-refractivity contribution is 5.59. The fourth-order valence-electron chi connectivity index (χ4n) is 1.25. The Morgan fingerprint density at radius 3 is 2.93 bits per heavy atom. The Labute approximate surface area is 90.1 Å². The van der Waals surface area contributed by atoms with Gasteiger partial charge in [-0.3, -0.25) is 0 Å². The second kappa shape index (κ2) is 6.27. The Balaban J connectivity index is 2.33. The fourth-order valence-corrected chi connectivity index (χ4v) is 1.25. The Morgan fingerprint density at radius 1 is 1.40 bits per heavy atom. The molecule has 0 saturated carbocycles. The van der Waals surface area contributed by atoms with Gasteiger partial charge in [-0.1, -0.05) is 6.07 Å². The van der Waals surface area contributed by atoms with Crippen molar-refractivity contribution in [2.24, 2.45) is 0 Å². The van der Waals surface area contributed by atoms with E-state index in [1.807, 2.05) is 25.1 Å². The smallest absolute Gasteiger partial charge is 0.0698 e. The van der Waals surface area contributed by atoms with Crippen LogP contribution in [0.15, 0.2) is 18.2 Å². The van der Waals surface area contributed by atoms with Crippen LogP contribution in [0.3, 0.4) is 0 Å². The molecule has 0 fully saturated rings. The highest BCUT2D eigenvalue weighted by Gasteiger charge is 1.97. The molecule has 0 saturated heterocycles. The van der Waals surface area contributed by atoms with Gasteiger partial charge in [-0.05, 0) is 24.6 Å². The van der Waals surface area contributed by atoms with Gasteiger partial charge in [0.2, 0.25) is 0 Å². The summed E-state index contributed by atoms with van der Waals surface area (Å²) in [6, 6.07) is 5.76. The summed E-state index contributed by atoms with van der Waals surface area (Å²) in [5.74, 6) is 0. The van der Waals surface area contributed by atoms with E-state index >= 15 is 0 Å². The second-order valence-corrected chi connectivity index (χ2v) is 3.34. The van der Waals surface area contributed by atoms with Crippen LogP contribution in [-0.4, -0.2) is 31.5 Å². The summed E-state index contributed by atoms with van der Waals surface area (Å²) in [5, 5.41) is 11.7. The summed E-state index contributed by atoms with van der Waals surface area (Å²) in [5.41, 5.74) is 8.61. The number of hydrogen-bond donors (Lipinski definition) is 3. The maximum atomic E-state index is 8.50. The SMILES string of the molecule is Cc1ccc(N)cc1NCCOCCO. The van der Waals surface area contributed by atoms with E-state index in [9.17, 15) is 0 Å². The number of nitrogen functional groups attached to an aromatic ring is 1. The van der Waals surface area contributed by atoms with Crippen molar-refractivity contribution in [2.45, 2.75) is 6.92 Å². The predicted octanol–water partition coefficient (Wildman–Crippen LogP) is 0.998. The minimum atomic E-state index is 0.0668. The molecule has 0 aliphatic rings. The number of aryl methyl sites for hydroxylation is 1. The third kappa shape index (κ3) is 4.18. The van der Waals surface area contributed by atoms with E-state index in [0.29, 0.717) is 19.8 Å². The van der Waals surface area contributed by atoms with E-state index in [4.69, 9.17) is 15.6 Å². The number of rotatable bonds is 6. The fraction of sp³-hybridized carbons (Fsp3) is 0.455. The highest BCUT2D eigenvalue weighted by Crippen LogP contribution is 2.17. The lowest BCUT2D eigenvalue weighted by molar-refractivity contribution is 0.0992. The highest BCUT2D eigenvalue weighted by atomic mass is 16.5. The van der Waals surface area contributed by atoms with Gasteiger partial charge in [0.15, 0.2) is 0 Å². The molecule has 0 aliphatic heterocycles. The van der Waals surface area contributed by atoms with E-state index in [0.717, 1.165) is 16.9 Å². The van der Waals surface area contributed by atoms with Gasteiger partial charge in [-0.2, -0.15) is 0 Å². The first kappa shape index (κ1) is 11.8. The van der Waals surface area contributed by atoms with Crippen molar-refractivity contribution in [2.75, 3.05) is 37.4 Å². The third-order valence-corrected chi connectivity index (χ3v) is 2.06. The molecule has 0 aromatic heterocycles. The molecule has 0 spiro atoms. The van der Waals surface area contributed by atoms with Crippen LogP contribution in [0.4, 0.5) is 11.4 Å². The molecule has 1 rings (SSSR count). The predicted molar refractivity (Wildman–Crippen MR) is 62.0 cm³/mol. The lowest BCUT2D eigenvalue weighted by atomic mass is 10.2. The molecule has 84 valence electrons. The molecule has 0 radical (unpaired) electrons. The van der Waals surface area contributed by atoms with Crippen LogP contribution in [-0.2, 0) is 4.74 Å². The normalized spacial score (nSPS) is 10.3. The maximum absolute atomic E-state index is 8.50. The second-order valence-electron chi connectivity index (χ2n) is 3.34. The number of anilines is 2. The number of benzene rings is 1. The number of aliphatic hydroxyl groups is 1. The summed E-state index contributed by atoms with van der Waals surface area (Å²) in [4.78, 5) is 0. The number of ether oxygens (including phenoxy) is 1. The quantitative estimate of drug-likeness (QED) is 0.484. The molecule has 4 heteroatoms. The molecule has 0 aliphatic carbocycles. The summed E-state index contributed by atoms with van der Waals surface area (Å²) < 4.78 is 5.13. The summed E-state index contributed by atoms with van der Waals surface area (Å²) in [7, 11) is 0. The minimum absolute atomic E-state index is 0.0668. The number of nitrogens with two attached hydrogens (primary N) is 1. The molecule has 0 amide bonds. The zero-order valence-corrected chi connectivity index (χ0v) is 8.99. The van der Waals surface area contributed by atoms with Gasteiger partial charge in [0.25, 0.3) is 0 Å². The van der Waals surface area contributed by atoms with Crippen molar-refractivity contribution >= 4 is 11.4 Å². The zero-order valence-electron chi connectivity index (χ0n) is 8.99. The summed E-state index contributed by atoms with van der Waals surface area (Å²) >= 11 is 0. The first-order valence-electron chi connectivity index (χ1n) is 5.02. The van der Waals surface area contributed by atoms with E-state index < -0.39 is 0 Å². The number of nitrogens with one attached hydrogen (secondary N) is 1. The molecular formula is C11H18N2O2. The molecule has 0 bridgehead atoms. The van der Waals surface area contributed by atoms with Gasteiger partial charge in [-0.25, -0.2) is 0 Å². The Kier molecular flexibility index (Phi) is 4.93. The van der Waals surface area contributed by atoms with E-state index in [1.165, 1.54) is 0 Å². The molecule has 4 nitrogen and oxygen atoms in total.